The molecule has 1 aromatic rings. The zero-order chi connectivity index (χ0) is 15.0. The van der Waals surface area contributed by atoms with E-state index >= 15 is 0 Å². The average molecular weight is 270 g/mol. The van der Waals surface area contributed by atoms with E-state index in [-0.39, 0.29) is 18.2 Å². The van der Waals surface area contributed by atoms with Crippen LogP contribution in [0.5, 0.6) is 0 Å². The maximum Gasteiger partial charge on any atom is 0.406 e. The molecule has 0 aliphatic carbocycles. The number of hydrogen-bond donors (Lipinski definition) is 1. The minimum absolute atomic E-state index is 0.206. The number of rotatable bonds is 4. The number of imidazole rings is 1. The predicted molar refractivity (Wildman–Crippen MR) is 69.3 cm³/mol. The van der Waals surface area contributed by atoms with E-state index in [9.17, 15) is 14.9 Å². The molecule has 1 aromatic heterocycles. The molecule has 0 aliphatic heterocycles. The highest BCUT2D eigenvalue weighted by molar-refractivity contribution is 5.75. The van der Waals surface area contributed by atoms with Crippen LogP contribution in [0.1, 0.15) is 26.6 Å². The zero-order valence-corrected chi connectivity index (χ0v) is 11.7. The van der Waals surface area contributed by atoms with E-state index in [2.05, 4.69) is 4.98 Å². The molecular weight excluding hydrogens is 252 g/mol. The number of hydrogen-bond acceptors (Lipinski definition) is 5. The number of nitro groups is 1. The van der Waals surface area contributed by atoms with Gasteiger partial charge >= 0.3 is 11.8 Å². The van der Waals surface area contributed by atoms with Crippen LogP contribution in [0.25, 0.3) is 0 Å². The number of anilines is 1. The van der Waals surface area contributed by atoms with Crippen LogP contribution in [0, 0.1) is 17.0 Å². The molecule has 0 atom stereocenters. The monoisotopic (exact) mass is 270 g/mol. The van der Waals surface area contributed by atoms with Gasteiger partial charge in [0, 0.05) is 19.5 Å². The average Bonchev–Trinajstić information content (AvgIpc) is 2.51. The molecule has 0 spiro atoms. The molecule has 106 valence electrons. The third-order valence-corrected chi connectivity index (χ3v) is 2.80. The van der Waals surface area contributed by atoms with Gasteiger partial charge in [-0.15, -0.1) is 0 Å². The van der Waals surface area contributed by atoms with Crippen LogP contribution in [0.3, 0.4) is 0 Å². The molecule has 1 rings (SSSR count). The summed E-state index contributed by atoms with van der Waals surface area (Å²) in [5.74, 6) is -0.710. The van der Waals surface area contributed by atoms with Crippen molar-refractivity contribution in [1.82, 2.24) is 9.55 Å². The first-order valence-electron chi connectivity index (χ1n) is 5.73. The Morgan fingerprint density at radius 1 is 1.53 bits per heavy atom. The Labute approximate surface area is 110 Å². The van der Waals surface area contributed by atoms with E-state index in [0.717, 1.165) is 0 Å². The number of aromatic nitrogens is 2. The Morgan fingerprint density at radius 2 is 2.05 bits per heavy atom. The Hall–Kier alpha value is -2.12. The van der Waals surface area contributed by atoms with Crippen LogP contribution in [0.2, 0.25) is 0 Å². The minimum Gasteiger partial charge on any atom is -0.480 e. The van der Waals surface area contributed by atoms with Crippen molar-refractivity contribution in [2.45, 2.75) is 33.2 Å². The first-order valence-corrected chi connectivity index (χ1v) is 5.73. The van der Waals surface area contributed by atoms with Gasteiger partial charge in [0.2, 0.25) is 11.6 Å². The number of carboxylic acid groups (broad SMARTS) is 1. The molecule has 0 bridgehead atoms. The summed E-state index contributed by atoms with van der Waals surface area (Å²) >= 11 is 0. The van der Waals surface area contributed by atoms with E-state index in [4.69, 9.17) is 5.11 Å². The van der Waals surface area contributed by atoms with Crippen molar-refractivity contribution in [1.29, 1.82) is 0 Å². The highest BCUT2D eigenvalue weighted by atomic mass is 16.6. The summed E-state index contributed by atoms with van der Waals surface area (Å²) in [6.07, 6.45) is 0. The summed E-state index contributed by atoms with van der Waals surface area (Å²) in [6.45, 7) is 6.69. The SMILES string of the molecule is Cc1nc([N+](=O)[O-])c(N(CC(=O)O)C(C)(C)C)n1C. The lowest BCUT2D eigenvalue weighted by Gasteiger charge is -2.35. The molecule has 0 fully saturated rings. The molecule has 0 unspecified atom stereocenters. The van der Waals surface area contributed by atoms with Crippen LogP contribution in [-0.4, -0.2) is 37.6 Å². The standard InChI is InChI=1S/C11H18N4O4/c1-7-12-9(15(18)19)10(13(7)5)14(6-8(16)17)11(2,3)4/h6H2,1-5H3,(H,16,17). The summed E-state index contributed by atoms with van der Waals surface area (Å²) in [5.41, 5.74) is -0.580. The van der Waals surface area contributed by atoms with Gasteiger partial charge in [0.15, 0.2) is 0 Å². The van der Waals surface area contributed by atoms with Crippen molar-refractivity contribution in [2.75, 3.05) is 11.4 Å². The molecule has 0 amide bonds. The van der Waals surface area contributed by atoms with Gasteiger partial charge in [-0.1, -0.05) is 0 Å². The number of aliphatic carboxylic acids is 1. The molecule has 0 aliphatic rings. The van der Waals surface area contributed by atoms with Crippen molar-refractivity contribution in [3.05, 3.63) is 15.9 Å². The molecule has 19 heavy (non-hydrogen) atoms. The number of nitrogens with zero attached hydrogens (tertiary/aromatic N) is 4. The maximum atomic E-state index is 11.1. The Morgan fingerprint density at radius 3 is 2.42 bits per heavy atom. The zero-order valence-electron chi connectivity index (χ0n) is 11.7. The lowest BCUT2D eigenvalue weighted by Crippen LogP contribution is -2.45. The third kappa shape index (κ3) is 3.01. The number of aryl methyl sites for hydroxylation is 1. The van der Waals surface area contributed by atoms with E-state index in [1.807, 2.05) is 0 Å². The lowest BCUT2D eigenvalue weighted by molar-refractivity contribution is -0.388. The maximum absolute atomic E-state index is 11.1. The molecule has 0 saturated carbocycles. The van der Waals surface area contributed by atoms with Gasteiger partial charge in [-0.05, 0) is 30.7 Å². The fourth-order valence-corrected chi connectivity index (χ4v) is 1.77. The molecule has 0 saturated heterocycles. The van der Waals surface area contributed by atoms with Crippen LogP contribution < -0.4 is 4.90 Å². The van der Waals surface area contributed by atoms with Gasteiger partial charge in [-0.2, -0.15) is 0 Å². The molecule has 1 N–H and O–H groups in total. The second kappa shape index (κ2) is 4.87. The molecule has 0 aromatic carbocycles. The summed E-state index contributed by atoms with van der Waals surface area (Å²) in [7, 11) is 1.63. The van der Waals surface area contributed by atoms with Crippen LogP contribution in [-0.2, 0) is 11.8 Å². The van der Waals surface area contributed by atoms with Gasteiger partial charge in [-0.25, -0.2) is 0 Å². The summed E-state index contributed by atoms with van der Waals surface area (Å²) in [5, 5.41) is 20.1. The van der Waals surface area contributed by atoms with Crippen molar-refractivity contribution in [3.63, 3.8) is 0 Å². The molecule has 1 heterocycles. The van der Waals surface area contributed by atoms with E-state index < -0.39 is 16.4 Å². The Bertz CT molecular complexity index is 516. The van der Waals surface area contributed by atoms with Gasteiger partial charge < -0.3 is 20.1 Å². The summed E-state index contributed by atoms with van der Waals surface area (Å²) in [4.78, 5) is 26.8. The highest BCUT2D eigenvalue weighted by Gasteiger charge is 2.35. The quantitative estimate of drug-likeness (QED) is 0.654. The molecular formula is C11H18N4O4. The van der Waals surface area contributed by atoms with Crippen molar-refractivity contribution in [2.24, 2.45) is 7.05 Å². The highest BCUT2D eigenvalue weighted by Crippen LogP contribution is 2.32. The van der Waals surface area contributed by atoms with Crippen molar-refractivity contribution < 1.29 is 14.8 Å². The van der Waals surface area contributed by atoms with Gasteiger partial charge in [0.25, 0.3) is 0 Å². The molecule has 8 heteroatoms. The fraction of sp³-hybridized carbons (Fsp3) is 0.636. The topological polar surface area (TPSA) is 102 Å². The fourth-order valence-electron chi connectivity index (χ4n) is 1.77. The Kier molecular flexibility index (Phi) is 3.83. The van der Waals surface area contributed by atoms with Crippen LogP contribution >= 0.6 is 0 Å². The second-order valence-corrected chi connectivity index (χ2v) is 5.27. The predicted octanol–water partition coefficient (Wildman–Crippen LogP) is 1.33. The summed E-state index contributed by atoms with van der Waals surface area (Å²) < 4.78 is 1.53. The van der Waals surface area contributed by atoms with Crippen LogP contribution in [0.4, 0.5) is 11.6 Å². The third-order valence-electron chi connectivity index (χ3n) is 2.80. The Balaban J connectivity index is 3.45. The van der Waals surface area contributed by atoms with Gasteiger partial charge in [0.05, 0.1) is 0 Å². The van der Waals surface area contributed by atoms with Gasteiger partial charge in [-0.3, -0.25) is 9.36 Å². The second-order valence-electron chi connectivity index (χ2n) is 5.27. The molecule has 0 radical (unpaired) electrons. The van der Waals surface area contributed by atoms with E-state index in [1.54, 1.807) is 34.7 Å². The lowest BCUT2D eigenvalue weighted by atomic mass is 10.1. The molecule has 8 nitrogen and oxygen atoms in total. The van der Waals surface area contributed by atoms with E-state index in [0.29, 0.717) is 5.82 Å². The smallest absolute Gasteiger partial charge is 0.406 e. The largest absolute Gasteiger partial charge is 0.480 e. The summed E-state index contributed by atoms with van der Waals surface area (Å²) in [6, 6.07) is 0. The van der Waals surface area contributed by atoms with Gasteiger partial charge in [0.1, 0.15) is 6.54 Å². The first kappa shape index (κ1) is 14.9. The minimum atomic E-state index is -1.05. The van der Waals surface area contributed by atoms with Crippen molar-refractivity contribution in [3.8, 4) is 0 Å². The normalized spacial score (nSPS) is 11.4. The van der Waals surface area contributed by atoms with E-state index in [1.165, 1.54) is 9.47 Å². The number of carbonyl (C=O) groups is 1. The number of carboxylic acids is 1. The van der Waals surface area contributed by atoms with Crippen LogP contribution in [0.15, 0.2) is 0 Å². The van der Waals surface area contributed by atoms with Crippen molar-refractivity contribution >= 4 is 17.6 Å². The first-order chi connectivity index (χ1) is 8.55.